The third-order valence-electron chi connectivity index (χ3n) is 5.04. The molecule has 0 fully saturated rings. The molecule has 0 aliphatic carbocycles. The lowest BCUT2D eigenvalue weighted by molar-refractivity contribution is -0.902. The van der Waals surface area contributed by atoms with Crippen LogP contribution in [0.25, 0.3) is 0 Å². The summed E-state index contributed by atoms with van der Waals surface area (Å²) >= 11 is 0. The van der Waals surface area contributed by atoms with Gasteiger partial charge in [-0.05, 0) is 6.92 Å². The summed E-state index contributed by atoms with van der Waals surface area (Å²) in [5, 5.41) is 5.90. The standard InChI is InChI=1S/C22H46N5O2/c1-20(2)22(29)24-14-11-17-27(8,9)19-21(28)23-13-10-16-26(6,7)18-12-15-25(3,4)5/h1,10-19H2,2-9H3/q+1/p+2. The Morgan fingerprint density at radius 3 is 1.72 bits per heavy atom. The zero-order chi connectivity index (χ0) is 22.7. The Morgan fingerprint density at radius 2 is 1.21 bits per heavy atom. The van der Waals surface area contributed by atoms with Crippen LogP contribution in [0.5, 0.6) is 0 Å². The molecule has 0 aromatic rings. The first-order chi connectivity index (χ1) is 13.1. The van der Waals surface area contributed by atoms with Gasteiger partial charge in [-0.2, -0.15) is 0 Å². The van der Waals surface area contributed by atoms with Crippen molar-refractivity contribution >= 4 is 11.8 Å². The lowest BCUT2D eigenvalue weighted by atomic mass is 10.2. The highest BCUT2D eigenvalue weighted by atomic mass is 16.2. The summed E-state index contributed by atoms with van der Waals surface area (Å²) in [7, 11) is 15.3. The Labute approximate surface area is 179 Å². The number of quaternary nitrogens is 3. The molecule has 2 N–H and O–H groups in total. The summed E-state index contributed by atoms with van der Waals surface area (Å²) in [4.78, 5) is 23.8. The van der Waals surface area contributed by atoms with E-state index in [9.17, 15) is 9.59 Å². The third-order valence-corrected chi connectivity index (χ3v) is 5.04. The van der Waals surface area contributed by atoms with E-state index in [4.69, 9.17) is 0 Å². The number of amides is 2. The summed E-state index contributed by atoms with van der Waals surface area (Å²) in [5.41, 5.74) is 0.522. The topological polar surface area (TPSA) is 58.2 Å². The highest BCUT2D eigenvalue weighted by Crippen LogP contribution is 2.04. The van der Waals surface area contributed by atoms with Crippen LogP contribution in [0.15, 0.2) is 12.2 Å². The fourth-order valence-corrected chi connectivity index (χ4v) is 3.20. The van der Waals surface area contributed by atoms with E-state index in [1.807, 2.05) is 14.1 Å². The molecule has 0 atom stereocenters. The van der Waals surface area contributed by atoms with Crippen molar-refractivity contribution in [1.29, 1.82) is 0 Å². The Bertz CT molecular complexity index is 536. The van der Waals surface area contributed by atoms with E-state index < -0.39 is 0 Å². The first-order valence-corrected chi connectivity index (χ1v) is 10.8. The molecule has 0 rings (SSSR count). The molecule has 0 bridgehead atoms. The first-order valence-electron chi connectivity index (χ1n) is 10.8. The monoisotopic (exact) mass is 414 g/mol. The van der Waals surface area contributed by atoms with Crippen molar-refractivity contribution < 1.29 is 23.0 Å². The quantitative estimate of drug-likeness (QED) is 0.237. The van der Waals surface area contributed by atoms with E-state index in [1.54, 1.807) is 6.92 Å². The van der Waals surface area contributed by atoms with E-state index in [0.717, 1.165) is 48.0 Å². The lowest BCUT2D eigenvalue weighted by Gasteiger charge is -2.32. The highest BCUT2D eigenvalue weighted by molar-refractivity contribution is 5.91. The Kier molecular flexibility index (Phi) is 11.7. The van der Waals surface area contributed by atoms with Gasteiger partial charge in [-0.15, -0.1) is 0 Å². The zero-order valence-electron chi connectivity index (χ0n) is 20.4. The number of hydrogen-bond donors (Lipinski definition) is 2. The molecule has 0 aromatic heterocycles. The lowest BCUT2D eigenvalue weighted by Crippen LogP contribution is -2.49. The van der Waals surface area contributed by atoms with Crippen LogP contribution >= 0.6 is 0 Å². The van der Waals surface area contributed by atoms with E-state index in [0.29, 0.717) is 23.1 Å². The highest BCUT2D eigenvalue weighted by Gasteiger charge is 2.20. The SMILES string of the molecule is C=C(C)C(=O)NCCC[N+](C)(C)CC(=O)NCCC[N+](C)(C)CCC[N+](C)(C)C. The molecule has 0 spiro atoms. The molecule has 0 aromatic carbocycles. The zero-order valence-corrected chi connectivity index (χ0v) is 20.4. The number of nitrogens with one attached hydrogen (secondary N) is 2. The Hall–Kier alpha value is -1.44. The molecule has 170 valence electrons. The van der Waals surface area contributed by atoms with Crippen LogP contribution in [0.3, 0.4) is 0 Å². The minimum absolute atomic E-state index is 0.0938. The van der Waals surface area contributed by atoms with Crippen molar-refractivity contribution in [2.24, 2.45) is 0 Å². The van der Waals surface area contributed by atoms with Crippen LogP contribution in [-0.2, 0) is 9.59 Å². The molecular weight excluding hydrogens is 366 g/mol. The van der Waals surface area contributed by atoms with Crippen LogP contribution in [0.2, 0.25) is 0 Å². The second-order valence-corrected chi connectivity index (χ2v) is 10.7. The van der Waals surface area contributed by atoms with Crippen molar-refractivity contribution in [3.8, 4) is 0 Å². The van der Waals surface area contributed by atoms with E-state index in [-0.39, 0.29) is 11.8 Å². The van der Waals surface area contributed by atoms with Crippen LogP contribution in [0.4, 0.5) is 0 Å². The van der Waals surface area contributed by atoms with Crippen molar-refractivity contribution in [3.05, 3.63) is 12.2 Å². The molecular formula is C22H48N5O2+3. The van der Waals surface area contributed by atoms with Gasteiger partial charge in [0, 0.05) is 37.9 Å². The number of carbonyl (C=O) groups excluding carboxylic acids is 2. The van der Waals surface area contributed by atoms with Gasteiger partial charge in [0.2, 0.25) is 5.91 Å². The first kappa shape index (κ1) is 27.6. The molecule has 0 unspecified atom stereocenters. The second-order valence-electron chi connectivity index (χ2n) is 10.7. The van der Waals surface area contributed by atoms with Crippen LogP contribution in [-0.4, -0.2) is 120 Å². The third kappa shape index (κ3) is 16.1. The fraction of sp³-hybridized carbons (Fsp3) is 0.818. The maximum absolute atomic E-state index is 12.3. The summed E-state index contributed by atoms with van der Waals surface area (Å²) < 4.78 is 2.61. The summed E-state index contributed by atoms with van der Waals surface area (Å²) in [6.07, 6.45) is 3.03. The van der Waals surface area contributed by atoms with E-state index in [1.165, 1.54) is 13.0 Å². The summed E-state index contributed by atoms with van der Waals surface area (Å²) in [5.74, 6) is -0.0110. The molecule has 0 saturated heterocycles. The molecule has 0 heterocycles. The molecule has 0 aliphatic rings. The van der Waals surface area contributed by atoms with Crippen molar-refractivity contribution in [1.82, 2.24) is 10.6 Å². The molecule has 7 heteroatoms. The smallest absolute Gasteiger partial charge is 0.275 e. The Morgan fingerprint density at radius 1 is 0.724 bits per heavy atom. The van der Waals surface area contributed by atoms with Crippen molar-refractivity contribution in [2.75, 3.05) is 95.1 Å². The maximum atomic E-state index is 12.3. The number of nitrogens with zero attached hydrogens (tertiary/aromatic N) is 3. The molecule has 0 radical (unpaired) electrons. The van der Waals surface area contributed by atoms with Gasteiger partial charge in [0.15, 0.2) is 6.54 Å². The van der Waals surface area contributed by atoms with Crippen LogP contribution in [0, 0.1) is 0 Å². The van der Waals surface area contributed by atoms with Crippen molar-refractivity contribution in [2.45, 2.75) is 26.2 Å². The largest absolute Gasteiger partial charge is 0.352 e. The minimum atomic E-state index is -0.105. The maximum Gasteiger partial charge on any atom is 0.275 e. The van der Waals surface area contributed by atoms with E-state index >= 15 is 0 Å². The predicted molar refractivity (Wildman–Crippen MR) is 121 cm³/mol. The normalized spacial score (nSPS) is 12.6. The molecule has 0 saturated carbocycles. The number of carbonyl (C=O) groups is 2. The average Bonchev–Trinajstić information content (AvgIpc) is 2.53. The average molecular weight is 415 g/mol. The predicted octanol–water partition coefficient (Wildman–Crippen LogP) is 0.824. The summed E-state index contributed by atoms with van der Waals surface area (Å²) in [6, 6.07) is 0. The molecule has 7 nitrogen and oxygen atoms in total. The number of hydrogen-bond acceptors (Lipinski definition) is 2. The Balaban J connectivity index is 4.00. The van der Waals surface area contributed by atoms with E-state index in [2.05, 4.69) is 52.5 Å². The summed E-state index contributed by atoms with van der Waals surface area (Å²) in [6.45, 7) is 11.4. The van der Waals surface area contributed by atoms with Gasteiger partial charge in [0.05, 0.1) is 75.5 Å². The van der Waals surface area contributed by atoms with Gasteiger partial charge in [0.25, 0.3) is 5.91 Å². The molecule has 2 amide bonds. The van der Waals surface area contributed by atoms with Gasteiger partial charge in [-0.3, -0.25) is 9.59 Å². The van der Waals surface area contributed by atoms with Crippen LogP contribution in [0.1, 0.15) is 26.2 Å². The minimum Gasteiger partial charge on any atom is -0.352 e. The van der Waals surface area contributed by atoms with Gasteiger partial charge < -0.3 is 24.1 Å². The molecule has 0 aliphatic heterocycles. The second kappa shape index (κ2) is 12.3. The van der Waals surface area contributed by atoms with Gasteiger partial charge in [-0.1, -0.05) is 6.58 Å². The molecule has 29 heavy (non-hydrogen) atoms. The van der Waals surface area contributed by atoms with Crippen LogP contribution < -0.4 is 10.6 Å². The number of rotatable bonds is 15. The van der Waals surface area contributed by atoms with Gasteiger partial charge in [0.1, 0.15) is 0 Å². The van der Waals surface area contributed by atoms with Gasteiger partial charge in [-0.25, -0.2) is 0 Å². The fourth-order valence-electron chi connectivity index (χ4n) is 3.20. The number of likely N-dealkylation sites (N-methyl/N-ethyl adjacent to an activating group) is 1. The van der Waals surface area contributed by atoms with Crippen molar-refractivity contribution in [3.63, 3.8) is 0 Å². The van der Waals surface area contributed by atoms with Gasteiger partial charge >= 0.3 is 0 Å².